The molecular weight excluding hydrogens is 716 g/mol. The quantitative estimate of drug-likeness (QED) is 0.113. The summed E-state index contributed by atoms with van der Waals surface area (Å²) >= 11 is 0. The van der Waals surface area contributed by atoms with E-state index < -0.39 is 65.7 Å². The van der Waals surface area contributed by atoms with Crippen molar-refractivity contribution in [3.8, 4) is 22.8 Å². The molecule has 1 saturated carbocycles. The highest BCUT2D eigenvalue weighted by Crippen LogP contribution is 2.39. The van der Waals surface area contributed by atoms with Gasteiger partial charge in [0, 0.05) is 35.1 Å². The van der Waals surface area contributed by atoms with E-state index in [1.165, 1.54) is 7.11 Å². The fourth-order valence-corrected chi connectivity index (χ4v) is 7.93. The van der Waals surface area contributed by atoms with Crippen molar-refractivity contribution in [1.29, 1.82) is 0 Å². The number of fused-ring (bicyclic) bond motifs is 1. The molecule has 0 bridgehead atoms. The Labute approximate surface area is 327 Å². The van der Waals surface area contributed by atoms with Gasteiger partial charge in [0.2, 0.25) is 11.8 Å². The first-order valence-corrected chi connectivity index (χ1v) is 19.6. The average Bonchev–Trinajstić information content (AvgIpc) is 3.83. The summed E-state index contributed by atoms with van der Waals surface area (Å²) in [5.41, 5.74) is 1.87. The van der Waals surface area contributed by atoms with E-state index in [1.54, 1.807) is 20.1 Å². The minimum Gasteiger partial charge on any atom is -0.497 e. The molecule has 3 aromatic rings. The molecule has 3 aliphatic rings. The number of benzene rings is 2. The number of pyridine rings is 1. The van der Waals surface area contributed by atoms with Gasteiger partial charge < -0.3 is 34.7 Å². The molecule has 0 spiro atoms. The molecule has 1 aromatic heterocycles. The summed E-state index contributed by atoms with van der Waals surface area (Å²) in [4.78, 5) is 57.9. The largest absolute Gasteiger partial charge is 0.497 e. The second-order valence-electron chi connectivity index (χ2n) is 16.0. The summed E-state index contributed by atoms with van der Waals surface area (Å²) < 4.78 is 23.4. The Bertz CT molecular complexity index is 1940. The van der Waals surface area contributed by atoms with Gasteiger partial charge in [0.1, 0.15) is 42.0 Å². The maximum atomic E-state index is 14.4. The minimum atomic E-state index is -1.16. The van der Waals surface area contributed by atoms with Gasteiger partial charge in [-0.25, -0.2) is 9.78 Å². The van der Waals surface area contributed by atoms with E-state index in [-0.39, 0.29) is 30.3 Å². The lowest BCUT2D eigenvalue weighted by atomic mass is 9.82. The number of amides is 2. The van der Waals surface area contributed by atoms with Gasteiger partial charge in [-0.05, 0) is 48.8 Å². The zero-order valence-corrected chi connectivity index (χ0v) is 33.0. The Morgan fingerprint density at radius 3 is 2.36 bits per heavy atom. The SMILES string of the molecule is CC[C@H](NC(=O)C1CC(Oc2cc(-c3ccccc3)nc3cc(OC)ccc23)C=C1C(=O)N[C@H](C1OC1NC(C(=O)OC)C1CCCCC1)C(C)(C)C)C(=O)O. The Morgan fingerprint density at radius 2 is 1.71 bits per heavy atom. The standard InChI is InChI=1S/C43H54N4O9/c1-7-31(41(50)51)45-38(48)29-20-27(55-34-23-32(24-14-10-8-11-15-24)44-33-22-26(53-5)18-19-28(33)34)21-30(29)39(49)47-37(43(2,3)4)36-40(56-36)46-35(42(52)54-6)25-16-12-9-13-17-25/h8,10-11,14-15,18-19,21-23,25,27,29,31,35-37,40,46H,7,9,12-13,16-17,20H2,1-6H3,(H,45,48)(H,47,49)(H,50,51)/t27?,29?,31-,35?,36?,37+,40?/m0/s1. The van der Waals surface area contributed by atoms with Gasteiger partial charge in [0.15, 0.2) is 0 Å². The molecule has 5 unspecified atom stereocenters. The first-order valence-electron chi connectivity index (χ1n) is 19.6. The fourth-order valence-electron chi connectivity index (χ4n) is 7.93. The van der Waals surface area contributed by atoms with Crippen LogP contribution in [0.25, 0.3) is 22.2 Å². The third-order valence-electron chi connectivity index (χ3n) is 11.1. The van der Waals surface area contributed by atoms with E-state index in [2.05, 4.69) is 16.0 Å². The molecule has 300 valence electrons. The van der Waals surface area contributed by atoms with E-state index in [4.69, 9.17) is 23.9 Å². The molecule has 2 aliphatic carbocycles. The highest BCUT2D eigenvalue weighted by molar-refractivity contribution is 6.02. The minimum absolute atomic E-state index is 0.0950. The second kappa shape index (κ2) is 17.4. The van der Waals surface area contributed by atoms with Crippen LogP contribution < -0.4 is 25.4 Å². The van der Waals surface area contributed by atoms with Gasteiger partial charge in [0.25, 0.3) is 0 Å². The number of aromatic nitrogens is 1. The van der Waals surface area contributed by atoms with Crippen molar-refractivity contribution in [2.75, 3.05) is 14.2 Å². The van der Waals surface area contributed by atoms with Crippen LogP contribution in [0.2, 0.25) is 0 Å². The van der Waals surface area contributed by atoms with E-state index in [0.717, 1.165) is 37.7 Å². The van der Waals surface area contributed by atoms with Crippen LogP contribution in [0, 0.1) is 17.3 Å². The molecule has 4 N–H and O–H groups in total. The molecule has 13 nitrogen and oxygen atoms in total. The van der Waals surface area contributed by atoms with Crippen LogP contribution in [-0.4, -0.2) is 84.6 Å². The van der Waals surface area contributed by atoms with Gasteiger partial charge in [-0.2, -0.15) is 0 Å². The molecule has 1 saturated heterocycles. The lowest BCUT2D eigenvalue weighted by Crippen LogP contribution is -2.52. The molecule has 2 aromatic carbocycles. The van der Waals surface area contributed by atoms with Gasteiger partial charge >= 0.3 is 11.9 Å². The molecular formula is C43H54N4O9. The lowest BCUT2D eigenvalue weighted by Gasteiger charge is -2.32. The highest BCUT2D eigenvalue weighted by Gasteiger charge is 2.52. The number of aliphatic carboxylic acids is 1. The van der Waals surface area contributed by atoms with E-state index in [9.17, 15) is 24.3 Å². The lowest BCUT2D eigenvalue weighted by molar-refractivity contribution is -0.145. The summed E-state index contributed by atoms with van der Waals surface area (Å²) in [5.74, 6) is -2.30. The normalized spacial score (nSPS) is 22.6. The van der Waals surface area contributed by atoms with Gasteiger partial charge in [-0.15, -0.1) is 0 Å². The topological polar surface area (TPSA) is 178 Å². The number of carboxylic acids is 1. The Balaban J connectivity index is 1.28. The number of carbonyl (C=O) groups excluding carboxylic acids is 3. The van der Waals surface area contributed by atoms with Crippen molar-refractivity contribution in [3.05, 3.63) is 66.2 Å². The van der Waals surface area contributed by atoms with Crippen molar-refractivity contribution >= 4 is 34.7 Å². The molecule has 13 heteroatoms. The van der Waals surface area contributed by atoms with Crippen molar-refractivity contribution in [1.82, 2.24) is 20.9 Å². The summed E-state index contributed by atoms with van der Waals surface area (Å²) in [5, 5.41) is 19.6. The number of methoxy groups -OCH3 is 2. The van der Waals surface area contributed by atoms with Gasteiger partial charge in [0.05, 0.1) is 37.4 Å². The number of carbonyl (C=O) groups is 4. The molecule has 0 radical (unpaired) electrons. The van der Waals surface area contributed by atoms with Crippen LogP contribution >= 0.6 is 0 Å². The number of esters is 1. The first kappa shape index (κ1) is 40.6. The summed E-state index contributed by atoms with van der Waals surface area (Å²) in [6.07, 6.45) is 5.34. The van der Waals surface area contributed by atoms with Crippen molar-refractivity contribution < 1.29 is 43.2 Å². The number of hydrogen-bond acceptors (Lipinski definition) is 10. The molecule has 2 heterocycles. The maximum absolute atomic E-state index is 14.4. The average molecular weight is 771 g/mol. The third kappa shape index (κ3) is 9.33. The zero-order chi connectivity index (χ0) is 40.1. The molecule has 2 amide bonds. The molecule has 2 fully saturated rings. The predicted molar refractivity (Wildman–Crippen MR) is 210 cm³/mol. The summed E-state index contributed by atoms with van der Waals surface area (Å²) in [7, 11) is 2.97. The number of epoxide rings is 1. The molecule has 6 rings (SSSR count). The Morgan fingerprint density at radius 1 is 0.982 bits per heavy atom. The monoisotopic (exact) mass is 770 g/mol. The smallest absolute Gasteiger partial charge is 0.326 e. The van der Waals surface area contributed by atoms with Gasteiger partial charge in [-0.1, -0.05) is 77.3 Å². The van der Waals surface area contributed by atoms with Crippen molar-refractivity contribution in [2.45, 2.75) is 109 Å². The summed E-state index contributed by atoms with van der Waals surface area (Å²) in [6, 6.07) is 14.8. The number of ether oxygens (including phenoxy) is 4. The van der Waals surface area contributed by atoms with Crippen LogP contribution in [0.1, 0.15) is 72.6 Å². The third-order valence-corrected chi connectivity index (χ3v) is 11.1. The van der Waals surface area contributed by atoms with Crippen LogP contribution in [0.5, 0.6) is 11.5 Å². The van der Waals surface area contributed by atoms with Crippen molar-refractivity contribution in [3.63, 3.8) is 0 Å². The van der Waals surface area contributed by atoms with E-state index >= 15 is 0 Å². The van der Waals surface area contributed by atoms with Crippen LogP contribution in [-0.2, 0) is 28.7 Å². The Hall–Kier alpha value is -5.01. The van der Waals surface area contributed by atoms with E-state index in [1.807, 2.05) is 75.4 Å². The Kier molecular flexibility index (Phi) is 12.6. The van der Waals surface area contributed by atoms with Crippen molar-refractivity contribution in [2.24, 2.45) is 17.3 Å². The number of nitrogens with zero attached hydrogens (tertiary/aromatic N) is 1. The maximum Gasteiger partial charge on any atom is 0.326 e. The number of hydrogen-bond donors (Lipinski definition) is 4. The van der Waals surface area contributed by atoms with Gasteiger partial charge in [-0.3, -0.25) is 19.7 Å². The molecule has 1 aliphatic heterocycles. The summed E-state index contributed by atoms with van der Waals surface area (Å²) in [6.45, 7) is 7.63. The fraction of sp³-hybridized carbons (Fsp3) is 0.512. The van der Waals surface area contributed by atoms with Crippen LogP contribution in [0.4, 0.5) is 0 Å². The highest BCUT2D eigenvalue weighted by atomic mass is 16.6. The first-order chi connectivity index (χ1) is 26.8. The van der Waals surface area contributed by atoms with E-state index in [0.29, 0.717) is 28.1 Å². The molecule has 56 heavy (non-hydrogen) atoms. The second-order valence-corrected chi connectivity index (χ2v) is 16.0. The number of carboxylic acid groups (broad SMARTS) is 1. The number of rotatable bonds is 15. The van der Waals surface area contributed by atoms with Crippen LogP contribution in [0.15, 0.2) is 66.2 Å². The predicted octanol–water partition coefficient (Wildman–Crippen LogP) is 5.55. The molecule has 7 atom stereocenters. The zero-order valence-electron chi connectivity index (χ0n) is 33.0. The number of nitrogens with one attached hydrogen (secondary N) is 3. The van der Waals surface area contributed by atoms with Crippen LogP contribution in [0.3, 0.4) is 0 Å².